The Morgan fingerprint density at radius 2 is 2.15 bits per heavy atom. The number of carboxylic acid groups (broad SMARTS) is 1. The summed E-state index contributed by atoms with van der Waals surface area (Å²) < 4.78 is 5.45. The average Bonchev–Trinajstić information content (AvgIpc) is 2.05. The second kappa shape index (κ2) is 10.5. The van der Waals surface area contributed by atoms with Crippen LogP contribution in [0.4, 0.5) is 0 Å². The maximum Gasteiger partial charge on any atom is 1.00 e. The van der Waals surface area contributed by atoms with Crippen LogP contribution in [0.5, 0.6) is 0 Å². The van der Waals surface area contributed by atoms with Crippen LogP contribution in [0.2, 0.25) is 6.04 Å². The molecule has 0 radical (unpaired) electrons. The van der Waals surface area contributed by atoms with Crippen LogP contribution in [0.1, 0.15) is 19.8 Å². The van der Waals surface area contributed by atoms with Gasteiger partial charge in [0.2, 0.25) is 9.04 Å². The SMILES string of the molecule is C=C[SiH]1CCCCO1.CC(=O)[O-].[Na+]. The molecule has 1 rings (SSSR count). The van der Waals surface area contributed by atoms with Crippen molar-refractivity contribution in [2.75, 3.05) is 6.61 Å². The van der Waals surface area contributed by atoms with Crippen LogP contribution >= 0.6 is 0 Å². The van der Waals surface area contributed by atoms with E-state index in [2.05, 4.69) is 6.58 Å². The van der Waals surface area contributed by atoms with Crippen molar-refractivity contribution in [1.82, 2.24) is 0 Å². The van der Waals surface area contributed by atoms with Crippen molar-refractivity contribution in [3.05, 3.63) is 12.3 Å². The summed E-state index contributed by atoms with van der Waals surface area (Å²) in [6.07, 6.45) is 2.63. The molecule has 1 aliphatic rings. The molecular weight excluding hydrogens is 195 g/mol. The third-order valence-corrected chi connectivity index (χ3v) is 3.64. The van der Waals surface area contributed by atoms with Gasteiger partial charge in [0.15, 0.2) is 0 Å². The molecule has 0 saturated carbocycles. The molecule has 0 amide bonds. The molecule has 1 aliphatic heterocycles. The average molecular weight is 210 g/mol. The van der Waals surface area contributed by atoms with Crippen LogP contribution in [0.3, 0.4) is 0 Å². The predicted molar refractivity (Wildman–Crippen MR) is 48.0 cm³/mol. The molecule has 0 aromatic carbocycles. The van der Waals surface area contributed by atoms with E-state index in [1.54, 1.807) is 0 Å². The summed E-state index contributed by atoms with van der Waals surface area (Å²) in [6.45, 7) is 5.68. The molecule has 70 valence electrons. The van der Waals surface area contributed by atoms with Crippen LogP contribution in [0.25, 0.3) is 0 Å². The number of carboxylic acids is 1. The minimum atomic E-state index is -1.08. The zero-order chi connectivity index (χ0) is 9.40. The van der Waals surface area contributed by atoms with Crippen molar-refractivity contribution < 1.29 is 43.9 Å². The Labute approximate surface area is 103 Å². The molecule has 0 spiro atoms. The van der Waals surface area contributed by atoms with Crippen LogP contribution in [-0.4, -0.2) is 21.6 Å². The van der Waals surface area contributed by atoms with Gasteiger partial charge in [0, 0.05) is 12.6 Å². The van der Waals surface area contributed by atoms with Crippen LogP contribution in [-0.2, 0) is 9.22 Å². The fourth-order valence-corrected chi connectivity index (χ4v) is 2.65. The van der Waals surface area contributed by atoms with Gasteiger partial charge in [0.1, 0.15) is 0 Å². The Morgan fingerprint density at radius 1 is 1.62 bits per heavy atom. The number of carbonyl (C=O) groups is 1. The number of hydrogen-bond acceptors (Lipinski definition) is 3. The maximum atomic E-state index is 8.89. The Balaban J connectivity index is 0. The molecule has 0 aliphatic carbocycles. The molecular formula is C8H15NaO3Si. The van der Waals surface area contributed by atoms with E-state index < -0.39 is 15.0 Å². The summed E-state index contributed by atoms with van der Waals surface area (Å²) >= 11 is 0. The van der Waals surface area contributed by atoms with Gasteiger partial charge in [-0.15, -0.1) is 6.58 Å². The first kappa shape index (κ1) is 15.8. The van der Waals surface area contributed by atoms with E-state index in [1.165, 1.54) is 18.9 Å². The third kappa shape index (κ3) is 12.4. The molecule has 0 aromatic heterocycles. The van der Waals surface area contributed by atoms with Crippen molar-refractivity contribution in [1.29, 1.82) is 0 Å². The van der Waals surface area contributed by atoms with Gasteiger partial charge >= 0.3 is 29.6 Å². The van der Waals surface area contributed by atoms with Gasteiger partial charge in [0.25, 0.3) is 0 Å². The van der Waals surface area contributed by atoms with E-state index in [9.17, 15) is 0 Å². The van der Waals surface area contributed by atoms with Crippen LogP contribution in [0, 0.1) is 0 Å². The van der Waals surface area contributed by atoms with Crippen molar-refractivity contribution in [2.24, 2.45) is 0 Å². The standard InChI is InChI=1S/C6H12OSi.C2H4O2.Na/c1-2-8-6-4-3-5-7-8;1-2(3)4;/h2,8H,1,3-6H2;1H3,(H,3,4);/q;;+1/p-1. The zero-order valence-electron chi connectivity index (χ0n) is 8.41. The van der Waals surface area contributed by atoms with E-state index >= 15 is 0 Å². The fourth-order valence-electron chi connectivity index (χ4n) is 0.952. The Morgan fingerprint density at radius 3 is 2.38 bits per heavy atom. The largest absolute Gasteiger partial charge is 1.00 e. The van der Waals surface area contributed by atoms with Crippen molar-refractivity contribution in [3.63, 3.8) is 0 Å². The Kier molecular flexibility index (Phi) is 12.8. The number of carbonyl (C=O) groups excluding carboxylic acids is 1. The summed E-state index contributed by atoms with van der Waals surface area (Å²) in [4.78, 5) is 8.89. The minimum absolute atomic E-state index is 0. The molecule has 13 heavy (non-hydrogen) atoms. The van der Waals surface area contributed by atoms with Gasteiger partial charge in [-0.3, -0.25) is 0 Å². The van der Waals surface area contributed by atoms with E-state index in [4.69, 9.17) is 14.3 Å². The van der Waals surface area contributed by atoms with E-state index in [0.717, 1.165) is 13.5 Å². The second-order valence-corrected chi connectivity index (χ2v) is 5.09. The minimum Gasteiger partial charge on any atom is -0.550 e. The summed E-state index contributed by atoms with van der Waals surface area (Å²) in [6, 6.07) is 1.31. The normalized spacial score (nSPS) is 20.2. The molecule has 1 fully saturated rings. The van der Waals surface area contributed by atoms with Crippen molar-refractivity contribution in [2.45, 2.75) is 25.8 Å². The van der Waals surface area contributed by atoms with Crippen molar-refractivity contribution in [3.8, 4) is 0 Å². The van der Waals surface area contributed by atoms with Gasteiger partial charge in [-0.2, -0.15) is 0 Å². The van der Waals surface area contributed by atoms with Crippen LogP contribution < -0.4 is 34.7 Å². The zero-order valence-corrected chi connectivity index (χ0v) is 11.6. The molecule has 1 atom stereocenters. The van der Waals surface area contributed by atoms with E-state index in [-0.39, 0.29) is 29.6 Å². The number of hydrogen-bond donors (Lipinski definition) is 0. The number of aliphatic carboxylic acids is 1. The summed E-state index contributed by atoms with van der Waals surface area (Å²) in [5, 5.41) is 8.89. The van der Waals surface area contributed by atoms with Crippen molar-refractivity contribution >= 4 is 15.0 Å². The quantitative estimate of drug-likeness (QED) is 0.434. The third-order valence-electron chi connectivity index (χ3n) is 1.48. The first-order chi connectivity index (χ1) is 5.66. The van der Waals surface area contributed by atoms with Gasteiger partial charge in [-0.05, 0) is 19.4 Å². The van der Waals surface area contributed by atoms with Gasteiger partial charge in [0.05, 0.1) is 0 Å². The smallest absolute Gasteiger partial charge is 0.550 e. The Hall–Kier alpha value is 0.387. The van der Waals surface area contributed by atoms with E-state index in [1.807, 2.05) is 5.70 Å². The topological polar surface area (TPSA) is 49.4 Å². The molecule has 0 aromatic rings. The first-order valence-corrected chi connectivity index (χ1v) is 6.04. The molecule has 0 N–H and O–H groups in total. The molecule has 5 heteroatoms. The van der Waals surface area contributed by atoms with E-state index in [0.29, 0.717) is 0 Å². The van der Waals surface area contributed by atoms with Gasteiger partial charge < -0.3 is 14.3 Å². The second-order valence-electron chi connectivity index (χ2n) is 2.63. The first-order valence-electron chi connectivity index (χ1n) is 4.08. The molecule has 1 saturated heterocycles. The number of rotatable bonds is 1. The Bertz CT molecular complexity index is 142. The van der Waals surface area contributed by atoms with Gasteiger partial charge in [-0.25, -0.2) is 0 Å². The maximum absolute atomic E-state index is 8.89. The fraction of sp³-hybridized carbons (Fsp3) is 0.625. The molecule has 0 bridgehead atoms. The molecule has 3 nitrogen and oxygen atoms in total. The predicted octanol–water partition coefficient (Wildman–Crippen LogP) is -2.99. The monoisotopic (exact) mass is 210 g/mol. The summed E-state index contributed by atoms with van der Waals surface area (Å²) in [5.41, 5.74) is 2.03. The summed E-state index contributed by atoms with van der Waals surface area (Å²) in [7, 11) is -0.841. The molecule has 1 heterocycles. The summed E-state index contributed by atoms with van der Waals surface area (Å²) in [5.74, 6) is -1.08. The van der Waals surface area contributed by atoms with Crippen LogP contribution in [0.15, 0.2) is 12.3 Å². The molecule has 1 unspecified atom stereocenters. The van der Waals surface area contributed by atoms with Gasteiger partial charge in [-0.1, -0.05) is 12.1 Å².